The van der Waals surface area contributed by atoms with Crippen molar-refractivity contribution in [2.75, 3.05) is 14.2 Å². The number of halogens is 3. The molecule has 2 amide bonds. The minimum Gasteiger partial charge on any atom is -0.475 e. The molecule has 8 nitrogen and oxygen atoms in total. The number of ether oxygens (including phenoxy) is 1. The molecule has 3 aromatic carbocycles. The van der Waals surface area contributed by atoms with Crippen molar-refractivity contribution in [2.24, 2.45) is 11.8 Å². The zero-order chi connectivity index (χ0) is 29.9. The lowest BCUT2D eigenvalue weighted by atomic mass is 9.76. The molecule has 0 bridgehead atoms. The standard InChI is InChI=1S/C28H26N2O4.C2HF3O2/c1-30-25(31)22-23(26(30)32)28(27(33)34-2,17-18-9-5-3-6-10-18)29-24(22)21-15-13-20(14-16-21)19-11-7-4-8-12-19;3-2(4,5)1(6)7/h3-16,22-24,29H,17H2,1-2H3;(H,6,7)/t22-,23-,24-,28-;/m1./s1. The molecule has 2 aliphatic heterocycles. The highest BCUT2D eigenvalue weighted by Gasteiger charge is 2.68. The van der Waals surface area contributed by atoms with Crippen LogP contribution in [0.2, 0.25) is 0 Å². The average molecular weight is 569 g/mol. The smallest absolute Gasteiger partial charge is 0.475 e. The first-order chi connectivity index (χ1) is 19.4. The van der Waals surface area contributed by atoms with Gasteiger partial charge in [-0.15, -0.1) is 0 Å². The molecule has 0 spiro atoms. The molecule has 0 saturated carbocycles. The minimum absolute atomic E-state index is 0.243. The lowest BCUT2D eigenvalue weighted by molar-refractivity contribution is -0.192. The summed E-state index contributed by atoms with van der Waals surface area (Å²) >= 11 is 0. The van der Waals surface area contributed by atoms with Gasteiger partial charge >= 0.3 is 18.1 Å². The molecule has 5 rings (SSSR count). The topological polar surface area (TPSA) is 113 Å². The highest BCUT2D eigenvalue weighted by atomic mass is 19.4. The Kier molecular flexibility index (Phi) is 8.29. The van der Waals surface area contributed by atoms with Crippen molar-refractivity contribution in [3.05, 3.63) is 96.1 Å². The Bertz CT molecular complexity index is 1430. The Labute approximate surface area is 233 Å². The number of nitrogens with one attached hydrogen (secondary N) is 1. The molecule has 2 saturated heterocycles. The molecule has 2 fully saturated rings. The minimum atomic E-state index is -5.08. The monoisotopic (exact) mass is 568 g/mol. The van der Waals surface area contributed by atoms with Gasteiger partial charge in [0.2, 0.25) is 11.8 Å². The number of carbonyl (C=O) groups is 4. The van der Waals surface area contributed by atoms with Crippen LogP contribution in [0.15, 0.2) is 84.9 Å². The van der Waals surface area contributed by atoms with Gasteiger partial charge in [-0.25, -0.2) is 4.79 Å². The van der Waals surface area contributed by atoms with Gasteiger partial charge in [-0.3, -0.25) is 24.6 Å². The highest BCUT2D eigenvalue weighted by Crippen LogP contribution is 2.50. The van der Waals surface area contributed by atoms with E-state index in [1.807, 2.05) is 84.9 Å². The third-order valence-electron chi connectivity index (χ3n) is 7.37. The number of methoxy groups -OCH3 is 1. The number of amides is 2. The summed E-state index contributed by atoms with van der Waals surface area (Å²) in [5.41, 5.74) is 2.53. The van der Waals surface area contributed by atoms with Crippen LogP contribution in [0.5, 0.6) is 0 Å². The molecule has 41 heavy (non-hydrogen) atoms. The predicted octanol–water partition coefficient (Wildman–Crippen LogP) is 4.02. The summed E-state index contributed by atoms with van der Waals surface area (Å²) in [5.74, 6) is -5.47. The Balaban J connectivity index is 0.000000493. The van der Waals surface area contributed by atoms with Crippen molar-refractivity contribution in [2.45, 2.75) is 24.2 Å². The van der Waals surface area contributed by atoms with Crippen LogP contribution >= 0.6 is 0 Å². The molecule has 2 aliphatic rings. The summed E-state index contributed by atoms with van der Waals surface area (Å²) < 4.78 is 37.0. The van der Waals surface area contributed by atoms with Crippen molar-refractivity contribution in [1.82, 2.24) is 10.2 Å². The van der Waals surface area contributed by atoms with Crippen molar-refractivity contribution in [3.63, 3.8) is 0 Å². The summed E-state index contributed by atoms with van der Waals surface area (Å²) in [6, 6.07) is 26.9. The summed E-state index contributed by atoms with van der Waals surface area (Å²) in [4.78, 5) is 49.9. The number of carboxylic acid groups (broad SMARTS) is 1. The number of esters is 1. The van der Waals surface area contributed by atoms with Gasteiger partial charge in [-0.1, -0.05) is 84.9 Å². The second-order valence-electron chi connectivity index (χ2n) is 9.78. The van der Waals surface area contributed by atoms with Gasteiger partial charge in [0.05, 0.1) is 18.9 Å². The van der Waals surface area contributed by atoms with Gasteiger partial charge < -0.3 is 9.84 Å². The number of imide groups is 1. The lowest BCUT2D eigenvalue weighted by Crippen LogP contribution is -2.57. The summed E-state index contributed by atoms with van der Waals surface area (Å²) in [6.45, 7) is 0. The molecule has 0 aromatic heterocycles. The van der Waals surface area contributed by atoms with Gasteiger partial charge in [0.1, 0.15) is 5.54 Å². The summed E-state index contributed by atoms with van der Waals surface area (Å²) in [7, 11) is 2.81. The van der Waals surface area contributed by atoms with E-state index in [0.717, 1.165) is 27.2 Å². The quantitative estimate of drug-likeness (QED) is 0.353. The van der Waals surface area contributed by atoms with Crippen LogP contribution in [-0.4, -0.2) is 59.6 Å². The van der Waals surface area contributed by atoms with Crippen LogP contribution in [0.1, 0.15) is 17.2 Å². The molecular weight excluding hydrogens is 541 g/mol. The molecule has 0 radical (unpaired) electrons. The maximum Gasteiger partial charge on any atom is 0.490 e. The van der Waals surface area contributed by atoms with E-state index in [1.54, 1.807) is 0 Å². The first kappa shape index (κ1) is 29.5. The Morgan fingerprint density at radius 2 is 1.41 bits per heavy atom. The van der Waals surface area contributed by atoms with E-state index >= 15 is 0 Å². The molecule has 2 heterocycles. The van der Waals surface area contributed by atoms with Gasteiger partial charge in [0, 0.05) is 19.5 Å². The van der Waals surface area contributed by atoms with Crippen LogP contribution < -0.4 is 5.32 Å². The van der Waals surface area contributed by atoms with E-state index in [-0.39, 0.29) is 18.2 Å². The van der Waals surface area contributed by atoms with Crippen LogP contribution in [-0.2, 0) is 30.3 Å². The van der Waals surface area contributed by atoms with Crippen LogP contribution in [0, 0.1) is 11.8 Å². The fourth-order valence-corrected chi connectivity index (χ4v) is 5.47. The first-order valence-electron chi connectivity index (χ1n) is 12.6. The molecule has 4 atom stereocenters. The van der Waals surface area contributed by atoms with Gasteiger partial charge in [-0.2, -0.15) is 13.2 Å². The largest absolute Gasteiger partial charge is 0.490 e. The van der Waals surface area contributed by atoms with E-state index in [9.17, 15) is 27.6 Å². The van der Waals surface area contributed by atoms with Crippen LogP contribution in [0.3, 0.4) is 0 Å². The predicted molar refractivity (Wildman–Crippen MR) is 141 cm³/mol. The number of aliphatic carboxylic acids is 1. The second kappa shape index (κ2) is 11.5. The van der Waals surface area contributed by atoms with Gasteiger partial charge in [-0.05, 0) is 22.3 Å². The summed E-state index contributed by atoms with van der Waals surface area (Å²) in [6.07, 6.45) is -4.84. The number of benzene rings is 3. The summed E-state index contributed by atoms with van der Waals surface area (Å²) in [5, 5.41) is 10.5. The molecule has 3 aromatic rings. The third-order valence-corrected chi connectivity index (χ3v) is 7.37. The van der Waals surface area contributed by atoms with E-state index in [2.05, 4.69) is 5.32 Å². The number of alkyl halides is 3. The van der Waals surface area contributed by atoms with E-state index in [1.165, 1.54) is 14.2 Å². The Morgan fingerprint density at radius 3 is 1.93 bits per heavy atom. The fraction of sp³-hybridized carbons (Fsp3) is 0.267. The normalized spacial score (nSPS) is 23.4. The maximum atomic E-state index is 13.3. The number of fused-ring (bicyclic) bond motifs is 1. The zero-order valence-corrected chi connectivity index (χ0v) is 22.1. The highest BCUT2D eigenvalue weighted by molar-refractivity contribution is 6.09. The molecule has 214 valence electrons. The van der Waals surface area contributed by atoms with Crippen molar-refractivity contribution in [3.8, 4) is 11.1 Å². The number of nitrogens with zero attached hydrogens (tertiary/aromatic N) is 1. The molecular formula is C30H27F3N2O6. The van der Waals surface area contributed by atoms with Gasteiger partial charge in [0.15, 0.2) is 0 Å². The second-order valence-corrected chi connectivity index (χ2v) is 9.78. The SMILES string of the molecule is COC(=O)[C@]1(Cc2ccccc2)N[C@H](c2ccc(-c3ccccc3)cc2)[C@@H]2C(=O)N(C)C(=O)[C@@H]21.O=C(O)C(F)(F)F. The van der Waals surface area contributed by atoms with Gasteiger partial charge in [0.25, 0.3) is 0 Å². The third kappa shape index (κ3) is 5.71. The molecule has 11 heteroatoms. The maximum absolute atomic E-state index is 13.3. The fourth-order valence-electron chi connectivity index (χ4n) is 5.47. The number of carboxylic acids is 1. The number of rotatable bonds is 5. The van der Waals surface area contributed by atoms with Crippen LogP contribution in [0.4, 0.5) is 13.2 Å². The number of hydrogen-bond donors (Lipinski definition) is 2. The van der Waals surface area contributed by atoms with E-state index < -0.39 is 41.5 Å². The lowest BCUT2D eigenvalue weighted by Gasteiger charge is -2.32. The van der Waals surface area contributed by atoms with Crippen molar-refractivity contribution in [1.29, 1.82) is 0 Å². The van der Waals surface area contributed by atoms with Crippen molar-refractivity contribution >= 4 is 23.8 Å². The molecule has 0 unspecified atom stereocenters. The number of hydrogen-bond acceptors (Lipinski definition) is 6. The molecule has 2 N–H and O–H groups in total. The Morgan fingerprint density at radius 1 is 0.902 bits per heavy atom. The number of likely N-dealkylation sites (tertiary alicyclic amines) is 1. The van der Waals surface area contributed by atoms with E-state index in [4.69, 9.17) is 14.6 Å². The van der Waals surface area contributed by atoms with E-state index in [0.29, 0.717) is 0 Å². The zero-order valence-electron chi connectivity index (χ0n) is 22.1. The number of carbonyl (C=O) groups excluding carboxylic acids is 3. The Hall–Kier alpha value is -4.51. The average Bonchev–Trinajstić information content (AvgIpc) is 3.42. The van der Waals surface area contributed by atoms with Crippen molar-refractivity contribution < 1.29 is 42.2 Å². The molecule has 0 aliphatic carbocycles. The van der Waals surface area contributed by atoms with Crippen LogP contribution in [0.25, 0.3) is 11.1 Å². The first-order valence-corrected chi connectivity index (χ1v) is 12.6.